The molecule has 108 valence electrons. The molecule has 0 spiro atoms. The second kappa shape index (κ2) is 5.69. The van der Waals surface area contributed by atoms with E-state index in [1.807, 2.05) is 6.07 Å². The van der Waals surface area contributed by atoms with Crippen molar-refractivity contribution in [2.24, 2.45) is 0 Å². The van der Waals surface area contributed by atoms with Crippen molar-refractivity contribution >= 4 is 28.9 Å². The number of carbonyl (C=O) groups is 2. The Kier molecular flexibility index (Phi) is 3.75. The van der Waals surface area contributed by atoms with Crippen LogP contribution in [0.25, 0.3) is 0 Å². The number of benzene rings is 1. The molecule has 0 bridgehead atoms. The number of carboxylic acid groups (broad SMARTS) is 1. The monoisotopic (exact) mass is 301 g/mol. The molecule has 0 fully saturated rings. The predicted octanol–water partition coefficient (Wildman–Crippen LogP) is 3.12. The number of hydrogen-bond acceptors (Lipinski definition) is 3. The van der Waals surface area contributed by atoms with Gasteiger partial charge in [-0.1, -0.05) is 12.1 Å². The fourth-order valence-corrected chi connectivity index (χ4v) is 3.66. The number of hydrogen-bond donors (Lipinski definition) is 2. The maximum Gasteiger partial charge on any atom is 0.307 e. The predicted molar refractivity (Wildman–Crippen MR) is 82.1 cm³/mol. The molecule has 1 heterocycles. The first-order valence-corrected chi connectivity index (χ1v) is 7.67. The summed E-state index contributed by atoms with van der Waals surface area (Å²) in [4.78, 5) is 24.9. The lowest BCUT2D eigenvalue weighted by atomic mass is 10.1. The third kappa shape index (κ3) is 3.13. The van der Waals surface area contributed by atoms with Crippen molar-refractivity contribution in [1.82, 2.24) is 0 Å². The molecule has 1 aromatic carbocycles. The zero-order valence-electron chi connectivity index (χ0n) is 11.4. The Balaban J connectivity index is 1.67. The summed E-state index contributed by atoms with van der Waals surface area (Å²) in [6, 6.07) is 8.90. The van der Waals surface area contributed by atoms with Crippen LogP contribution in [0, 0.1) is 0 Å². The van der Waals surface area contributed by atoms with E-state index in [4.69, 9.17) is 5.11 Å². The second-order valence-corrected chi connectivity index (χ2v) is 6.27. The molecular weight excluding hydrogens is 286 g/mol. The minimum atomic E-state index is -0.861. The van der Waals surface area contributed by atoms with E-state index in [0.717, 1.165) is 23.3 Å². The van der Waals surface area contributed by atoms with E-state index < -0.39 is 5.97 Å². The molecule has 0 atom stereocenters. The van der Waals surface area contributed by atoms with Gasteiger partial charge in [-0.2, -0.15) is 0 Å². The van der Waals surface area contributed by atoms with Crippen LogP contribution in [-0.2, 0) is 24.1 Å². The molecule has 4 nitrogen and oxygen atoms in total. The van der Waals surface area contributed by atoms with Gasteiger partial charge in [-0.05, 0) is 48.6 Å². The quantitative estimate of drug-likeness (QED) is 0.912. The van der Waals surface area contributed by atoms with E-state index in [1.54, 1.807) is 35.6 Å². The lowest BCUT2D eigenvalue weighted by Crippen LogP contribution is -2.10. The van der Waals surface area contributed by atoms with Gasteiger partial charge in [-0.3, -0.25) is 9.59 Å². The first-order chi connectivity index (χ1) is 10.1. The molecular formula is C16H15NO3S. The third-order valence-corrected chi connectivity index (χ3v) is 4.77. The number of thiophene rings is 1. The normalized spacial score (nSPS) is 13.0. The Labute approximate surface area is 126 Å². The highest BCUT2D eigenvalue weighted by molar-refractivity contribution is 7.14. The smallest absolute Gasteiger partial charge is 0.307 e. The number of amides is 1. The number of anilines is 1. The van der Waals surface area contributed by atoms with E-state index >= 15 is 0 Å². The van der Waals surface area contributed by atoms with Gasteiger partial charge in [0.2, 0.25) is 0 Å². The SMILES string of the molecule is O=C(O)Cc1ccc(NC(=O)c2cc3c(s2)CCC3)cc1. The van der Waals surface area contributed by atoms with Crippen LogP contribution in [0.1, 0.15) is 32.1 Å². The molecule has 1 aliphatic carbocycles. The molecule has 3 rings (SSSR count). The molecule has 1 aliphatic rings. The number of fused-ring (bicyclic) bond motifs is 1. The van der Waals surface area contributed by atoms with Gasteiger partial charge < -0.3 is 10.4 Å². The zero-order chi connectivity index (χ0) is 14.8. The van der Waals surface area contributed by atoms with Gasteiger partial charge in [0.15, 0.2) is 0 Å². The molecule has 0 saturated carbocycles. The number of rotatable bonds is 4. The van der Waals surface area contributed by atoms with Crippen LogP contribution in [0.5, 0.6) is 0 Å². The molecule has 0 aliphatic heterocycles. The zero-order valence-corrected chi connectivity index (χ0v) is 12.2. The average Bonchev–Trinajstić information content (AvgIpc) is 3.01. The summed E-state index contributed by atoms with van der Waals surface area (Å²) < 4.78 is 0. The summed E-state index contributed by atoms with van der Waals surface area (Å²) in [7, 11) is 0. The third-order valence-electron chi connectivity index (χ3n) is 3.54. The van der Waals surface area contributed by atoms with Crippen molar-refractivity contribution in [2.75, 3.05) is 5.32 Å². The van der Waals surface area contributed by atoms with Gasteiger partial charge in [0.25, 0.3) is 5.91 Å². The van der Waals surface area contributed by atoms with Crippen molar-refractivity contribution in [2.45, 2.75) is 25.7 Å². The van der Waals surface area contributed by atoms with Crippen molar-refractivity contribution in [3.63, 3.8) is 0 Å². The molecule has 0 saturated heterocycles. The minimum absolute atomic E-state index is 0.00806. The molecule has 1 amide bonds. The maximum absolute atomic E-state index is 12.2. The first kappa shape index (κ1) is 13.8. The number of carboxylic acids is 1. The van der Waals surface area contributed by atoms with Crippen LogP contribution in [0.4, 0.5) is 5.69 Å². The number of carbonyl (C=O) groups excluding carboxylic acids is 1. The van der Waals surface area contributed by atoms with Gasteiger partial charge in [0, 0.05) is 10.6 Å². The van der Waals surface area contributed by atoms with Crippen LogP contribution >= 0.6 is 11.3 Å². The Hall–Kier alpha value is -2.14. The molecule has 5 heteroatoms. The van der Waals surface area contributed by atoms with Gasteiger partial charge in [-0.15, -0.1) is 11.3 Å². The topological polar surface area (TPSA) is 66.4 Å². The fourth-order valence-electron chi connectivity index (χ4n) is 2.51. The summed E-state index contributed by atoms with van der Waals surface area (Å²) >= 11 is 1.57. The molecule has 21 heavy (non-hydrogen) atoms. The highest BCUT2D eigenvalue weighted by Gasteiger charge is 2.18. The van der Waals surface area contributed by atoms with Gasteiger partial charge >= 0.3 is 5.97 Å². The Morgan fingerprint density at radius 3 is 2.62 bits per heavy atom. The van der Waals surface area contributed by atoms with E-state index in [1.165, 1.54) is 16.9 Å². The fraction of sp³-hybridized carbons (Fsp3) is 0.250. The van der Waals surface area contributed by atoms with Gasteiger partial charge in [-0.25, -0.2) is 0 Å². The van der Waals surface area contributed by atoms with E-state index in [9.17, 15) is 9.59 Å². The number of aliphatic carboxylic acids is 1. The Morgan fingerprint density at radius 2 is 1.95 bits per heavy atom. The van der Waals surface area contributed by atoms with Crippen LogP contribution in [0.15, 0.2) is 30.3 Å². The van der Waals surface area contributed by atoms with Crippen molar-refractivity contribution < 1.29 is 14.7 Å². The minimum Gasteiger partial charge on any atom is -0.481 e. The van der Waals surface area contributed by atoms with Crippen LogP contribution in [0.3, 0.4) is 0 Å². The Morgan fingerprint density at radius 1 is 1.19 bits per heavy atom. The lowest BCUT2D eigenvalue weighted by Gasteiger charge is -2.04. The molecule has 0 unspecified atom stereocenters. The lowest BCUT2D eigenvalue weighted by molar-refractivity contribution is -0.136. The summed E-state index contributed by atoms with van der Waals surface area (Å²) in [5, 5.41) is 11.6. The van der Waals surface area contributed by atoms with E-state index in [2.05, 4.69) is 5.32 Å². The standard InChI is InChI=1S/C16H15NO3S/c18-15(19)8-10-4-6-12(7-5-10)17-16(20)14-9-11-2-1-3-13(11)21-14/h4-7,9H,1-3,8H2,(H,17,20)(H,18,19). The average molecular weight is 301 g/mol. The summed E-state index contributed by atoms with van der Waals surface area (Å²) in [6.45, 7) is 0. The van der Waals surface area contributed by atoms with Crippen molar-refractivity contribution in [1.29, 1.82) is 0 Å². The van der Waals surface area contributed by atoms with Crippen LogP contribution in [-0.4, -0.2) is 17.0 Å². The summed E-state index contributed by atoms with van der Waals surface area (Å²) in [6.07, 6.45) is 3.33. The second-order valence-electron chi connectivity index (χ2n) is 5.13. The highest BCUT2D eigenvalue weighted by Crippen LogP contribution is 2.31. The summed E-state index contributed by atoms with van der Waals surface area (Å²) in [5.74, 6) is -0.958. The molecule has 2 aromatic rings. The first-order valence-electron chi connectivity index (χ1n) is 6.85. The highest BCUT2D eigenvalue weighted by atomic mass is 32.1. The van der Waals surface area contributed by atoms with E-state index in [-0.39, 0.29) is 12.3 Å². The molecule has 0 radical (unpaired) electrons. The van der Waals surface area contributed by atoms with Gasteiger partial charge in [0.1, 0.15) is 0 Å². The number of nitrogens with one attached hydrogen (secondary N) is 1. The molecule has 1 aromatic heterocycles. The Bertz CT molecular complexity index is 667. The van der Waals surface area contributed by atoms with Crippen molar-refractivity contribution in [3.8, 4) is 0 Å². The molecule has 2 N–H and O–H groups in total. The van der Waals surface area contributed by atoms with E-state index in [0.29, 0.717) is 5.69 Å². The van der Waals surface area contributed by atoms with Crippen molar-refractivity contribution in [3.05, 3.63) is 51.2 Å². The largest absolute Gasteiger partial charge is 0.481 e. The van der Waals surface area contributed by atoms with Crippen LogP contribution < -0.4 is 5.32 Å². The number of aryl methyl sites for hydroxylation is 2. The summed E-state index contributed by atoms with van der Waals surface area (Å²) in [5.41, 5.74) is 2.71. The van der Waals surface area contributed by atoms with Gasteiger partial charge in [0.05, 0.1) is 11.3 Å². The van der Waals surface area contributed by atoms with Crippen LogP contribution in [0.2, 0.25) is 0 Å². The maximum atomic E-state index is 12.2.